The van der Waals surface area contributed by atoms with E-state index >= 15 is 0 Å². The average Bonchev–Trinajstić information content (AvgIpc) is 3.27. The highest BCUT2D eigenvalue weighted by atomic mass is 19.4. The SMILES string of the molecule is O=C(NC1CCC(F)(F)C1)[C@@H]1CCC2c3ccc(C(F)(C(F)(F)F)C(F)(F)F)cc3CC[C@H]21. The quantitative estimate of drug-likeness (QED) is 0.496. The van der Waals surface area contributed by atoms with Crippen LogP contribution in [0.25, 0.3) is 0 Å². The Bertz CT molecular complexity index is 909. The molecule has 3 aliphatic carbocycles. The number of hydrogen-bond acceptors (Lipinski definition) is 1. The number of halogens is 9. The number of amides is 1. The first-order chi connectivity index (χ1) is 15.1. The topological polar surface area (TPSA) is 29.1 Å². The Morgan fingerprint density at radius 1 is 0.939 bits per heavy atom. The molecule has 0 spiro atoms. The van der Waals surface area contributed by atoms with E-state index in [4.69, 9.17) is 0 Å². The summed E-state index contributed by atoms with van der Waals surface area (Å²) in [7, 11) is 0. The Morgan fingerprint density at radius 3 is 2.18 bits per heavy atom. The van der Waals surface area contributed by atoms with Crippen LogP contribution in [0.4, 0.5) is 39.5 Å². The monoisotopic (exact) mass is 487 g/mol. The van der Waals surface area contributed by atoms with Crippen molar-refractivity contribution < 1.29 is 44.3 Å². The standard InChI is InChI=1S/C22H22F9NO/c23-19(24)8-7-13(10-19)32-18(33)17-6-5-15-14-4-2-12(9-11(14)1-3-16(15)17)20(25,21(26,27)28)22(29,30)31/h2,4,9,13,15-17H,1,3,5-8,10H2,(H,32,33)/t13?,15?,16-,17-/m1/s1. The number of rotatable bonds is 3. The summed E-state index contributed by atoms with van der Waals surface area (Å²) < 4.78 is 120. The highest BCUT2D eigenvalue weighted by Crippen LogP contribution is 2.55. The van der Waals surface area contributed by atoms with Crippen molar-refractivity contribution in [1.82, 2.24) is 5.32 Å². The van der Waals surface area contributed by atoms with Crippen molar-refractivity contribution in [1.29, 1.82) is 0 Å². The van der Waals surface area contributed by atoms with Gasteiger partial charge in [0.05, 0.1) is 0 Å². The first-order valence-electron chi connectivity index (χ1n) is 10.8. The molecule has 0 heterocycles. The molecule has 33 heavy (non-hydrogen) atoms. The summed E-state index contributed by atoms with van der Waals surface area (Å²) in [6.45, 7) is 0. The number of carbonyl (C=O) groups excluding carboxylic acids is 1. The van der Waals surface area contributed by atoms with Crippen molar-refractivity contribution >= 4 is 5.91 Å². The van der Waals surface area contributed by atoms with Crippen LogP contribution in [-0.4, -0.2) is 30.2 Å². The molecule has 184 valence electrons. The molecule has 4 atom stereocenters. The van der Waals surface area contributed by atoms with E-state index in [1.54, 1.807) is 0 Å². The first-order valence-corrected chi connectivity index (χ1v) is 10.8. The van der Waals surface area contributed by atoms with Gasteiger partial charge < -0.3 is 5.32 Å². The van der Waals surface area contributed by atoms with E-state index in [0.717, 1.165) is 6.07 Å². The van der Waals surface area contributed by atoms with E-state index in [2.05, 4.69) is 5.32 Å². The minimum absolute atomic E-state index is 0.0986. The number of benzene rings is 1. The van der Waals surface area contributed by atoms with Gasteiger partial charge in [-0.2, -0.15) is 26.3 Å². The van der Waals surface area contributed by atoms with Gasteiger partial charge in [0.15, 0.2) is 0 Å². The number of hydrogen-bond donors (Lipinski definition) is 1. The number of fused-ring (bicyclic) bond motifs is 3. The van der Waals surface area contributed by atoms with Gasteiger partial charge in [0.2, 0.25) is 11.8 Å². The van der Waals surface area contributed by atoms with Gasteiger partial charge in [-0.25, -0.2) is 13.2 Å². The summed E-state index contributed by atoms with van der Waals surface area (Å²) in [5.74, 6) is -4.10. The normalized spacial score (nSPS) is 29.5. The summed E-state index contributed by atoms with van der Waals surface area (Å²) in [6.07, 6.45) is -11.6. The Morgan fingerprint density at radius 2 is 1.61 bits per heavy atom. The van der Waals surface area contributed by atoms with Crippen LogP contribution in [0.1, 0.15) is 61.1 Å². The third kappa shape index (κ3) is 4.09. The summed E-state index contributed by atoms with van der Waals surface area (Å²) in [5, 5.41) is 2.68. The van der Waals surface area contributed by atoms with E-state index in [0.29, 0.717) is 37.0 Å². The highest BCUT2D eigenvalue weighted by molar-refractivity contribution is 5.80. The molecular formula is C22H22F9NO. The average molecular weight is 487 g/mol. The smallest absolute Gasteiger partial charge is 0.353 e. The van der Waals surface area contributed by atoms with Crippen molar-refractivity contribution in [3.63, 3.8) is 0 Å². The van der Waals surface area contributed by atoms with E-state index in [9.17, 15) is 44.3 Å². The molecule has 1 aromatic carbocycles. The number of alkyl halides is 9. The van der Waals surface area contributed by atoms with Crippen molar-refractivity contribution in [2.75, 3.05) is 0 Å². The van der Waals surface area contributed by atoms with Crippen LogP contribution in [0.3, 0.4) is 0 Å². The summed E-state index contributed by atoms with van der Waals surface area (Å²) in [5.41, 5.74) is -6.26. The van der Waals surface area contributed by atoms with Gasteiger partial charge in [0.25, 0.3) is 0 Å². The zero-order valence-electron chi connectivity index (χ0n) is 17.3. The molecule has 0 bridgehead atoms. The Kier molecular flexibility index (Phi) is 5.72. The lowest BCUT2D eigenvalue weighted by atomic mass is 9.73. The third-order valence-electron chi connectivity index (χ3n) is 7.38. The number of aryl methyl sites for hydroxylation is 1. The molecule has 0 aliphatic heterocycles. The molecule has 2 saturated carbocycles. The second kappa shape index (κ2) is 7.80. The lowest BCUT2D eigenvalue weighted by Gasteiger charge is -2.34. The Balaban J connectivity index is 1.54. The fraction of sp³-hybridized carbons (Fsp3) is 0.682. The number of nitrogens with one attached hydrogen (secondary N) is 1. The van der Waals surface area contributed by atoms with Crippen LogP contribution in [0.15, 0.2) is 18.2 Å². The molecule has 1 N–H and O–H groups in total. The van der Waals surface area contributed by atoms with Crippen molar-refractivity contribution in [2.24, 2.45) is 11.8 Å². The molecule has 4 rings (SSSR count). The van der Waals surface area contributed by atoms with Crippen LogP contribution < -0.4 is 5.32 Å². The second-order valence-electron chi connectivity index (χ2n) is 9.36. The maximum atomic E-state index is 14.4. The molecule has 2 nitrogen and oxygen atoms in total. The second-order valence-corrected chi connectivity index (χ2v) is 9.36. The van der Waals surface area contributed by atoms with Gasteiger partial charge in [0, 0.05) is 30.4 Å². The lowest BCUT2D eigenvalue weighted by molar-refractivity contribution is -0.348. The van der Waals surface area contributed by atoms with Gasteiger partial charge >= 0.3 is 18.0 Å². The van der Waals surface area contributed by atoms with Gasteiger partial charge in [-0.05, 0) is 55.1 Å². The third-order valence-corrected chi connectivity index (χ3v) is 7.38. The zero-order chi connectivity index (χ0) is 24.4. The van der Waals surface area contributed by atoms with Crippen molar-refractivity contribution in [3.05, 3.63) is 34.9 Å². The molecule has 1 aromatic rings. The fourth-order valence-electron chi connectivity index (χ4n) is 5.77. The molecule has 0 radical (unpaired) electrons. The fourth-order valence-corrected chi connectivity index (χ4v) is 5.77. The Labute approximate surface area is 183 Å². The van der Waals surface area contributed by atoms with E-state index in [1.807, 2.05) is 0 Å². The lowest BCUT2D eigenvalue weighted by Crippen LogP contribution is -2.50. The minimum atomic E-state index is -6.18. The molecule has 3 aliphatic rings. The van der Waals surface area contributed by atoms with Crippen LogP contribution >= 0.6 is 0 Å². The first kappa shape index (κ1) is 24.2. The van der Waals surface area contributed by atoms with Gasteiger partial charge in [-0.1, -0.05) is 18.2 Å². The van der Waals surface area contributed by atoms with Crippen LogP contribution in [0, 0.1) is 11.8 Å². The molecule has 2 fully saturated rings. The molecule has 2 unspecified atom stereocenters. The maximum Gasteiger partial charge on any atom is 0.435 e. The van der Waals surface area contributed by atoms with Gasteiger partial charge in [0.1, 0.15) is 0 Å². The van der Waals surface area contributed by atoms with E-state index in [1.165, 1.54) is 0 Å². The Hall–Kier alpha value is -1.94. The predicted molar refractivity (Wildman–Crippen MR) is 99.3 cm³/mol. The van der Waals surface area contributed by atoms with Crippen molar-refractivity contribution in [2.45, 2.75) is 80.8 Å². The van der Waals surface area contributed by atoms with Crippen LogP contribution in [-0.2, 0) is 16.9 Å². The minimum Gasteiger partial charge on any atom is -0.353 e. The highest BCUT2D eigenvalue weighted by Gasteiger charge is 2.73. The van der Waals surface area contributed by atoms with Crippen LogP contribution in [0.2, 0.25) is 0 Å². The van der Waals surface area contributed by atoms with E-state index in [-0.39, 0.29) is 42.6 Å². The zero-order valence-corrected chi connectivity index (χ0v) is 17.3. The molecule has 11 heteroatoms. The summed E-state index contributed by atoms with van der Waals surface area (Å²) in [6, 6.07) is 1.65. The predicted octanol–water partition coefficient (Wildman–Crippen LogP) is 6.34. The van der Waals surface area contributed by atoms with Crippen LogP contribution in [0.5, 0.6) is 0 Å². The van der Waals surface area contributed by atoms with E-state index < -0.39 is 47.9 Å². The van der Waals surface area contributed by atoms with Crippen molar-refractivity contribution in [3.8, 4) is 0 Å². The molecule has 0 aromatic heterocycles. The summed E-state index contributed by atoms with van der Waals surface area (Å²) in [4.78, 5) is 12.7. The summed E-state index contributed by atoms with van der Waals surface area (Å²) >= 11 is 0. The molecular weight excluding hydrogens is 465 g/mol. The van der Waals surface area contributed by atoms with Gasteiger partial charge in [-0.15, -0.1) is 0 Å². The number of carbonyl (C=O) groups is 1. The largest absolute Gasteiger partial charge is 0.435 e. The van der Waals surface area contributed by atoms with Gasteiger partial charge in [-0.3, -0.25) is 4.79 Å². The maximum absolute atomic E-state index is 14.4. The molecule has 1 amide bonds. The molecule has 0 saturated heterocycles.